The second kappa shape index (κ2) is 7.31. The first-order valence-corrected chi connectivity index (χ1v) is 9.33. The Labute approximate surface area is 149 Å². The first-order valence-electron chi connectivity index (χ1n) is 7.84. The van der Waals surface area contributed by atoms with Crippen molar-refractivity contribution in [2.75, 3.05) is 19.5 Å². The van der Waals surface area contributed by atoms with Gasteiger partial charge in [-0.1, -0.05) is 0 Å². The molecule has 1 heterocycles. The number of benzene rings is 1. The maximum atomic E-state index is 12.4. The maximum absolute atomic E-state index is 12.4. The summed E-state index contributed by atoms with van der Waals surface area (Å²) in [6, 6.07) is 8.82. The molecule has 0 saturated carbocycles. The van der Waals surface area contributed by atoms with Crippen molar-refractivity contribution in [3.63, 3.8) is 0 Å². The van der Waals surface area contributed by atoms with Crippen LogP contribution in [0.2, 0.25) is 0 Å². The molecule has 0 unspecified atom stereocenters. The number of sulfone groups is 1. The minimum absolute atomic E-state index is 0.0765. The molecule has 1 N–H and O–H groups in total. The topological polar surface area (TPSA) is 77.5 Å². The monoisotopic (exact) mass is 364 g/mol. The fourth-order valence-electron chi connectivity index (χ4n) is 2.15. The fraction of sp³-hybridized carbons (Fsp3) is 0.389. The first-order chi connectivity index (χ1) is 11.7. The fourth-order valence-corrected chi connectivity index (χ4v) is 3.22. The van der Waals surface area contributed by atoms with Gasteiger partial charge in [-0.3, -0.25) is 0 Å². The molecular weight excluding hydrogens is 340 g/mol. The molecule has 0 radical (unpaired) electrons. The van der Waals surface area contributed by atoms with E-state index in [0.29, 0.717) is 12.3 Å². The molecule has 1 aromatic heterocycles. The van der Waals surface area contributed by atoms with E-state index < -0.39 is 14.6 Å². The van der Waals surface area contributed by atoms with Gasteiger partial charge in [-0.2, -0.15) is 0 Å². The highest BCUT2D eigenvalue weighted by Gasteiger charge is 2.31. The Bertz CT molecular complexity index is 825. The molecule has 7 heteroatoms. The van der Waals surface area contributed by atoms with E-state index in [1.165, 1.54) is 12.3 Å². The largest absolute Gasteiger partial charge is 0.497 e. The Hall–Kier alpha value is -2.28. The summed E-state index contributed by atoms with van der Waals surface area (Å²) in [6.07, 6.45) is 1.52. The molecule has 25 heavy (non-hydrogen) atoms. The van der Waals surface area contributed by atoms with E-state index in [-0.39, 0.29) is 5.03 Å². The van der Waals surface area contributed by atoms with Crippen LogP contribution in [0.5, 0.6) is 11.5 Å². The molecule has 2 rings (SSSR count). The molecule has 0 atom stereocenters. The summed E-state index contributed by atoms with van der Waals surface area (Å²) in [6.45, 7) is 5.49. The highest BCUT2D eigenvalue weighted by molar-refractivity contribution is 7.92. The smallest absolute Gasteiger partial charge is 0.200 e. The number of nitrogens with one attached hydrogen (secondary N) is 1. The normalized spacial score (nSPS) is 11.9. The molecule has 0 spiro atoms. The molecule has 0 aliphatic rings. The number of methoxy groups -OCH3 is 2. The number of nitrogens with zero attached hydrogens (tertiary/aromatic N) is 1. The van der Waals surface area contributed by atoms with Crippen LogP contribution in [0.25, 0.3) is 0 Å². The average molecular weight is 364 g/mol. The highest BCUT2D eigenvalue weighted by atomic mass is 32.2. The van der Waals surface area contributed by atoms with Crippen molar-refractivity contribution in [3.8, 4) is 11.5 Å². The van der Waals surface area contributed by atoms with E-state index in [0.717, 1.165) is 17.0 Å². The van der Waals surface area contributed by atoms with Crippen LogP contribution >= 0.6 is 0 Å². The van der Waals surface area contributed by atoms with Crippen LogP contribution in [0.3, 0.4) is 0 Å². The Morgan fingerprint density at radius 1 is 1.08 bits per heavy atom. The number of hydrogen-bond acceptors (Lipinski definition) is 6. The van der Waals surface area contributed by atoms with Crippen LogP contribution in [0.15, 0.2) is 41.6 Å². The zero-order chi connectivity index (χ0) is 18.7. The van der Waals surface area contributed by atoms with E-state index >= 15 is 0 Å². The number of rotatable bonds is 6. The summed E-state index contributed by atoms with van der Waals surface area (Å²) in [5.41, 5.74) is 1.68. The van der Waals surface area contributed by atoms with E-state index in [4.69, 9.17) is 9.47 Å². The summed E-state index contributed by atoms with van der Waals surface area (Å²) in [5.74, 6) is 1.44. The molecule has 1 aromatic carbocycles. The van der Waals surface area contributed by atoms with E-state index in [2.05, 4.69) is 10.3 Å². The van der Waals surface area contributed by atoms with Gasteiger partial charge in [-0.15, -0.1) is 0 Å². The molecule has 0 amide bonds. The minimum atomic E-state index is -3.45. The molecular formula is C18H24N2O4S. The summed E-state index contributed by atoms with van der Waals surface area (Å²) in [7, 11) is -0.246. The van der Waals surface area contributed by atoms with E-state index in [1.54, 1.807) is 41.1 Å². The Balaban J connectivity index is 2.13. The van der Waals surface area contributed by atoms with Crippen molar-refractivity contribution in [1.29, 1.82) is 0 Å². The third-order valence-corrected chi connectivity index (χ3v) is 6.20. The standard InChI is InChI=1S/C18H24N2O4S/c1-18(2,3)25(21,22)17-9-7-14(12-20-17)19-11-13-6-8-15(23-4)10-16(13)24-5/h6-10,12,19H,11H2,1-5H3. The van der Waals surface area contributed by atoms with Crippen molar-refractivity contribution < 1.29 is 17.9 Å². The van der Waals surface area contributed by atoms with Crippen LogP contribution in [-0.4, -0.2) is 32.4 Å². The Kier molecular flexibility index (Phi) is 5.57. The lowest BCUT2D eigenvalue weighted by Gasteiger charge is -2.18. The predicted octanol–water partition coefficient (Wildman–Crippen LogP) is 3.28. The second-order valence-electron chi connectivity index (χ2n) is 6.53. The van der Waals surface area contributed by atoms with Gasteiger partial charge in [0.1, 0.15) is 11.5 Å². The van der Waals surface area contributed by atoms with Crippen molar-refractivity contribution in [1.82, 2.24) is 4.98 Å². The number of pyridine rings is 1. The minimum Gasteiger partial charge on any atom is -0.497 e. The molecule has 0 fully saturated rings. The van der Waals surface area contributed by atoms with Crippen molar-refractivity contribution in [2.45, 2.75) is 37.1 Å². The van der Waals surface area contributed by atoms with Gasteiger partial charge >= 0.3 is 0 Å². The van der Waals surface area contributed by atoms with Crippen LogP contribution in [0, 0.1) is 0 Å². The quantitative estimate of drug-likeness (QED) is 0.847. The lowest BCUT2D eigenvalue weighted by molar-refractivity contribution is 0.391. The first kappa shape index (κ1) is 19.1. The van der Waals surface area contributed by atoms with Gasteiger partial charge in [0, 0.05) is 18.2 Å². The average Bonchev–Trinajstić information content (AvgIpc) is 2.59. The third kappa shape index (κ3) is 4.22. The van der Waals surface area contributed by atoms with Crippen LogP contribution in [-0.2, 0) is 16.4 Å². The summed E-state index contributed by atoms with van der Waals surface area (Å²) < 4.78 is 34.4. The number of ether oxygens (including phenoxy) is 2. The summed E-state index contributed by atoms with van der Waals surface area (Å²) >= 11 is 0. The number of hydrogen-bond donors (Lipinski definition) is 1. The Morgan fingerprint density at radius 2 is 1.80 bits per heavy atom. The highest BCUT2D eigenvalue weighted by Crippen LogP contribution is 2.26. The van der Waals surface area contributed by atoms with Crippen LogP contribution < -0.4 is 14.8 Å². The van der Waals surface area contributed by atoms with Gasteiger partial charge < -0.3 is 14.8 Å². The van der Waals surface area contributed by atoms with Crippen LogP contribution in [0.4, 0.5) is 5.69 Å². The maximum Gasteiger partial charge on any atom is 0.200 e. The molecule has 0 saturated heterocycles. The van der Waals surface area contributed by atoms with Gasteiger partial charge in [0.2, 0.25) is 0 Å². The van der Waals surface area contributed by atoms with Crippen molar-refractivity contribution in [2.24, 2.45) is 0 Å². The van der Waals surface area contributed by atoms with Gasteiger partial charge in [-0.25, -0.2) is 13.4 Å². The molecule has 0 aliphatic carbocycles. The van der Waals surface area contributed by atoms with Gasteiger partial charge in [0.15, 0.2) is 14.9 Å². The van der Waals surface area contributed by atoms with E-state index in [1.807, 2.05) is 18.2 Å². The lowest BCUT2D eigenvalue weighted by atomic mass is 10.2. The molecule has 0 bridgehead atoms. The lowest BCUT2D eigenvalue weighted by Crippen LogP contribution is -2.28. The molecule has 136 valence electrons. The van der Waals surface area contributed by atoms with Crippen LogP contribution in [0.1, 0.15) is 26.3 Å². The summed E-state index contributed by atoms with van der Waals surface area (Å²) in [5, 5.41) is 3.29. The number of anilines is 1. The van der Waals surface area contributed by atoms with Crippen molar-refractivity contribution in [3.05, 3.63) is 42.1 Å². The molecule has 2 aromatic rings. The van der Waals surface area contributed by atoms with E-state index in [9.17, 15) is 8.42 Å². The van der Waals surface area contributed by atoms with Crippen molar-refractivity contribution >= 4 is 15.5 Å². The predicted molar refractivity (Wildman–Crippen MR) is 98.0 cm³/mol. The van der Waals surface area contributed by atoms with Gasteiger partial charge in [-0.05, 0) is 45.0 Å². The van der Waals surface area contributed by atoms with Gasteiger partial charge in [0.25, 0.3) is 0 Å². The zero-order valence-corrected chi connectivity index (χ0v) is 16.0. The van der Waals surface area contributed by atoms with Gasteiger partial charge in [0.05, 0.1) is 30.9 Å². The second-order valence-corrected chi connectivity index (χ2v) is 9.18. The summed E-state index contributed by atoms with van der Waals surface area (Å²) in [4.78, 5) is 4.10. The number of aromatic nitrogens is 1. The Morgan fingerprint density at radius 3 is 2.32 bits per heavy atom. The molecule has 6 nitrogen and oxygen atoms in total. The molecule has 0 aliphatic heterocycles. The SMILES string of the molecule is COc1ccc(CNc2ccc(S(=O)(=O)C(C)(C)C)nc2)c(OC)c1. The zero-order valence-electron chi connectivity index (χ0n) is 15.2. The third-order valence-electron chi connectivity index (χ3n) is 3.80.